The highest BCUT2D eigenvalue weighted by Gasteiger charge is 2.08. The molecule has 0 amide bonds. The van der Waals surface area contributed by atoms with Gasteiger partial charge in [0, 0.05) is 10.6 Å². The van der Waals surface area contributed by atoms with Gasteiger partial charge in [0.2, 0.25) is 0 Å². The van der Waals surface area contributed by atoms with Gasteiger partial charge in [-0.1, -0.05) is 23.7 Å². The van der Waals surface area contributed by atoms with Crippen LogP contribution in [0, 0.1) is 0 Å². The lowest BCUT2D eigenvalue weighted by Crippen LogP contribution is -2.03. The molecule has 0 aliphatic rings. The third kappa shape index (κ3) is 2.64. The van der Waals surface area contributed by atoms with Crippen molar-refractivity contribution < 1.29 is 8.78 Å². The number of halogens is 3. The Morgan fingerprint density at radius 2 is 2.08 bits per heavy atom. The molecule has 0 radical (unpaired) electrons. The second-order valence-corrected chi connectivity index (χ2v) is 3.10. The Kier molecular flexibility index (Phi) is 3.63. The lowest BCUT2D eigenvalue weighted by Gasteiger charge is -2.05. The van der Waals surface area contributed by atoms with Crippen LogP contribution in [0.25, 0.3) is 0 Å². The van der Waals surface area contributed by atoms with Crippen LogP contribution < -0.4 is 5.73 Å². The van der Waals surface area contributed by atoms with E-state index in [-0.39, 0.29) is 5.56 Å². The lowest BCUT2D eigenvalue weighted by molar-refractivity contribution is 0.151. The molecule has 0 saturated carbocycles. The SMILES string of the molecule is NCCc1ccc(C(F)F)cc1Cl. The number of rotatable bonds is 3. The first-order chi connectivity index (χ1) is 6.15. The average Bonchev–Trinajstić information content (AvgIpc) is 2.08. The molecule has 0 heterocycles. The quantitative estimate of drug-likeness (QED) is 0.807. The van der Waals surface area contributed by atoms with E-state index < -0.39 is 6.43 Å². The highest BCUT2D eigenvalue weighted by Crippen LogP contribution is 2.24. The van der Waals surface area contributed by atoms with E-state index in [0.29, 0.717) is 18.0 Å². The number of nitrogens with two attached hydrogens (primary N) is 1. The maximum Gasteiger partial charge on any atom is 0.263 e. The Morgan fingerprint density at radius 1 is 1.38 bits per heavy atom. The van der Waals surface area contributed by atoms with Gasteiger partial charge in [-0.3, -0.25) is 0 Å². The van der Waals surface area contributed by atoms with Crippen LogP contribution >= 0.6 is 11.6 Å². The predicted octanol–water partition coefficient (Wildman–Crippen LogP) is 2.78. The zero-order valence-corrected chi connectivity index (χ0v) is 7.69. The highest BCUT2D eigenvalue weighted by atomic mass is 35.5. The van der Waals surface area contributed by atoms with Crippen molar-refractivity contribution in [3.8, 4) is 0 Å². The van der Waals surface area contributed by atoms with Gasteiger partial charge in [-0.25, -0.2) is 8.78 Å². The molecule has 1 nitrogen and oxygen atoms in total. The summed E-state index contributed by atoms with van der Waals surface area (Å²) in [4.78, 5) is 0. The summed E-state index contributed by atoms with van der Waals surface area (Å²) in [6.07, 6.45) is -1.85. The van der Waals surface area contributed by atoms with Crippen molar-refractivity contribution in [3.05, 3.63) is 34.3 Å². The maximum atomic E-state index is 12.2. The molecule has 1 aromatic carbocycles. The fourth-order valence-corrected chi connectivity index (χ4v) is 1.34. The molecule has 1 rings (SSSR count). The van der Waals surface area contributed by atoms with Crippen molar-refractivity contribution >= 4 is 11.6 Å². The van der Waals surface area contributed by atoms with Crippen molar-refractivity contribution in [2.24, 2.45) is 5.73 Å². The summed E-state index contributed by atoms with van der Waals surface area (Å²) in [5.74, 6) is 0. The van der Waals surface area contributed by atoms with E-state index in [2.05, 4.69) is 0 Å². The molecule has 0 unspecified atom stereocenters. The summed E-state index contributed by atoms with van der Waals surface area (Å²) in [5, 5.41) is 0.364. The molecule has 0 aliphatic carbocycles. The minimum Gasteiger partial charge on any atom is -0.330 e. The van der Waals surface area contributed by atoms with E-state index in [1.807, 2.05) is 0 Å². The molecule has 0 saturated heterocycles. The molecule has 0 bridgehead atoms. The molecule has 0 fully saturated rings. The van der Waals surface area contributed by atoms with Gasteiger partial charge in [-0.05, 0) is 24.6 Å². The standard InChI is InChI=1S/C9H10ClF2N/c10-8-5-7(9(11)12)2-1-6(8)3-4-13/h1-2,5,9H,3-4,13H2. The molecule has 2 N–H and O–H groups in total. The molecule has 0 aliphatic heterocycles. The van der Waals surface area contributed by atoms with E-state index in [4.69, 9.17) is 17.3 Å². The molecule has 4 heteroatoms. The Hall–Kier alpha value is -0.670. The summed E-state index contributed by atoms with van der Waals surface area (Å²) >= 11 is 5.76. The van der Waals surface area contributed by atoms with Crippen molar-refractivity contribution in [2.45, 2.75) is 12.8 Å². The molecular weight excluding hydrogens is 196 g/mol. The summed E-state index contributed by atoms with van der Waals surface area (Å²) in [5.41, 5.74) is 6.08. The zero-order chi connectivity index (χ0) is 9.84. The van der Waals surface area contributed by atoms with Crippen molar-refractivity contribution in [1.82, 2.24) is 0 Å². The van der Waals surface area contributed by atoms with Crippen LogP contribution in [0.3, 0.4) is 0 Å². The highest BCUT2D eigenvalue weighted by molar-refractivity contribution is 6.31. The van der Waals surface area contributed by atoms with Gasteiger partial charge in [0.05, 0.1) is 0 Å². The van der Waals surface area contributed by atoms with Crippen LogP contribution in [0.2, 0.25) is 5.02 Å². The van der Waals surface area contributed by atoms with Crippen molar-refractivity contribution in [1.29, 1.82) is 0 Å². The van der Waals surface area contributed by atoms with E-state index in [0.717, 1.165) is 5.56 Å². The third-order valence-electron chi connectivity index (χ3n) is 1.74. The smallest absolute Gasteiger partial charge is 0.263 e. The zero-order valence-electron chi connectivity index (χ0n) is 6.93. The van der Waals surface area contributed by atoms with Gasteiger partial charge in [-0.15, -0.1) is 0 Å². The monoisotopic (exact) mass is 205 g/mol. The Labute approximate surface area is 80.5 Å². The van der Waals surface area contributed by atoms with Crippen LogP contribution in [-0.2, 0) is 6.42 Å². The third-order valence-corrected chi connectivity index (χ3v) is 2.09. The topological polar surface area (TPSA) is 26.0 Å². The minimum atomic E-state index is -2.47. The van der Waals surface area contributed by atoms with Crippen molar-refractivity contribution in [3.63, 3.8) is 0 Å². The Bertz CT molecular complexity index is 289. The summed E-state index contributed by atoms with van der Waals surface area (Å²) < 4.78 is 24.4. The molecule has 72 valence electrons. The average molecular weight is 206 g/mol. The van der Waals surface area contributed by atoms with Crippen molar-refractivity contribution in [2.75, 3.05) is 6.54 Å². The normalized spacial score (nSPS) is 10.8. The first kappa shape index (κ1) is 10.4. The fourth-order valence-electron chi connectivity index (χ4n) is 1.06. The molecule has 0 aromatic heterocycles. The van der Waals surface area contributed by atoms with Gasteiger partial charge in [0.25, 0.3) is 6.43 Å². The van der Waals surface area contributed by atoms with Crippen LogP contribution in [0.1, 0.15) is 17.6 Å². The summed E-state index contributed by atoms with van der Waals surface area (Å²) in [6, 6.07) is 4.26. The van der Waals surface area contributed by atoms with Crippen LogP contribution in [0.15, 0.2) is 18.2 Å². The molecule has 0 atom stereocenters. The molecule has 0 spiro atoms. The first-order valence-electron chi connectivity index (χ1n) is 3.91. The number of alkyl halides is 2. The van der Waals surface area contributed by atoms with Gasteiger partial charge >= 0.3 is 0 Å². The Balaban J connectivity index is 2.92. The summed E-state index contributed by atoms with van der Waals surface area (Å²) in [6.45, 7) is 0.466. The minimum absolute atomic E-state index is 0.0502. The molecule has 1 aromatic rings. The maximum absolute atomic E-state index is 12.2. The lowest BCUT2D eigenvalue weighted by atomic mass is 10.1. The number of benzene rings is 1. The molecular formula is C9H10ClF2N. The second kappa shape index (κ2) is 4.53. The van der Waals surface area contributed by atoms with Crippen LogP contribution in [-0.4, -0.2) is 6.54 Å². The van der Waals surface area contributed by atoms with Gasteiger partial charge < -0.3 is 5.73 Å². The van der Waals surface area contributed by atoms with E-state index >= 15 is 0 Å². The number of hydrogen-bond donors (Lipinski definition) is 1. The van der Waals surface area contributed by atoms with E-state index in [9.17, 15) is 8.78 Å². The summed E-state index contributed by atoms with van der Waals surface area (Å²) in [7, 11) is 0. The predicted molar refractivity (Wildman–Crippen MR) is 49.2 cm³/mol. The number of hydrogen-bond acceptors (Lipinski definition) is 1. The largest absolute Gasteiger partial charge is 0.330 e. The van der Waals surface area contributed by atoms with Gasteiger partial charge in [0.1, 0.15) is 0 Å². The first-order valence-corrected chi connectivity index (χ1v) is 4.29. The van der Waals surface area contributed by atoms with E-state index in [1.54, 1.807) is 6.07 Å². The van der Waals surface area contributed by atoms with Crippen LogP contribution in [0.4, 0.5) is 8.78 Å². The van der Waals surface area contributed by atoms with Gasteiger partial charge in [-0.2, -0.15) is 0 Å². The fraction of sp³-hybridized carbons (Fsp3) is 0.333. The molecule has 13 heavy (non-hydrogen) atoms. The van der Waals surface area contributed by atoms with Gasteiger partial charge in [0.15, 0.2) is 0 Å². The van der Waals surface area contributed by atoms with E-state index in [1.165, 1.54) is 12.1 Å². The second-order valence-electron chi connectivity index (χ2n) is 2.69. The Morgan fingerprint density at radius 3 is 2.54 bits per heavy atom. The van der Waals surface area contributed by atoms with Crippen LogP contribution in [0.5, 0.6) is 0 Å².